The number of halogens is 2. The number of aromatic carboxylic acids is 1. The second kappa shape index (κ2) is 7.02. The van der Waals surface area contributed by atoms with Gasteiger partial charge in [0.1, 0.15) is 5.75 Å². The van der Waals surface area contributed by atoms with Crippen LogP contribution in [0.3, 0.4) is 0 Å². The maximum atomic E-state index is 13.0. The van der Waals surface area contributed by atoms with Crippen molar-refractivity contribution in [1.82, 2.24) is 4.57 Å². The van der Waals surface area contributed by atoms with Crippen LogP contribution in [0.15, 0.2) is 42.5 Å². The number of nitrogens with zero attached hydrogens (tertiary/aromatic N) is 1. The first kappa shape index (κ1) is 18.3. The molecular weight excluding hydrogens is 377 g/mol. The third kappa shape index (κ3) is 3.16. The van der Waals surface area contributed by atoms with E-state index in [4.69, 9.17) is 27.9 Å². The topological polar surface area (TPSA) is 68.5 Å². The Kier molecular flexibility index (Phi) is 4.94. The third-order valence-electron chi connectivity index (χ3n) is 4.09. The van der Waals surface area contributed by atoms with E-state index in [0.717, 1.165) is 0 Å². The SMILES string of the molecule is Cc1c(C(=O)O)c2ccccc2n1C(=O)C(C)Oc1ccc(Cl)cc1Cl. The van der Waals surface area contributed by atoms with E-state index >= 15 is 0 Å². The lowest BCUT2D eigenvalue weighted by Gasteiger charge is -2.17. The van der Waals surface area contributed by atoms with E-state index in [1.165, 1.54) is 10.6 Å². The van der Waals surface area contributed by atoms with Crippen LogP contribution in [0.5, 0.6) is 5.75 Å². The van der Waals surface area contributed by atoms with Crippen molar-refractivity contribution in [3.8, 4) is 5.75 Å². The molecule has 1 atom stereocenters. The third-order valence-corrected chi connectivity index (χ3v) is 4.62. The molecule has 0 aliphatic heterocycles. The summed E-state index contributed by atoms with van der Waals surface area (Å²) in [5.74, 6) is -1.15. The van der Waals surface area contributed by atoms with Gasteiger partial charge in [-0.15, -0.1) is 0 Å². The van der Waals surface area contributed by atoms with Crippen LogP contribution >= 0.6 is 23.2 Å². The Labute approximate surface area is 159 Å². The molecule has 134 valence electrons. The fourth-order valence-corrected chi connectivity index (χ4v) is 3.37. The average Bonchev–Trinajstić information content (AvgIpc) is 2.88. The number of aromatic nitrogens is 1. The summed E-state index contributed by atoms with van der Waals surface area (Å²) in [5, 5.41) is 10.8. The molecule has 7 heteroatoms. The van der Waals surface area contributed by atoms with Crippen LogP contribution in [0.1, 0.15) is 27.8 Å². The fourth-order valence-electron chi connectivity index (χ4n) is 2.91. The van der Waals surface area contributed by atoms with Crippen molar-refractivity contribution >= 4 is 46.0 Å². The summed E-state index contributed by atoms with van der Waals surface area (Å²) in [5.41, 5.74) is 0.970. The molecule has 2 aromatic carbocycles. The molecule has 0 fully saturated rings. The van der Waals surface area contributed by atoms with Crippen LogP contribution in [0.2, 0.25) is 10.0 Å². The van der Waals surface area contributed by atoms with Gasteiger partial charge in [-0.25, -0.2) is 4.79 Å². The number of carbonyl (C=O) groups is 2. The molecule has 0 radical (unpaired) electrons. The van der Waals surface area contributed by atoms with Gasteiger partial charge in [0, 0.05) is 16.1 Å². The molecule has 0 spiro atoms. The maximum Gasteiger partial charge on any atom is 0.338 e. The quantitative estimate of drug-likeness (QED) is 0.674. The molecule has 5 nitrogen and oxygen atoms in total. The van der Waals surface area contributed by atoms with Crippen LogP contribution in [0, 0.1) is 6.92 Å². The molecule has 3 aromatic rings. The van der Waals surface area contributed by atoms with Crippen LogP contribution in [-0.4, -0.2) is 27.7 Å². The van der Waals surface area contributed by atoms with Gasteiger partial charge in [0.2, 0.25) is 0 Å². The van der Waals surface area contributed by atoms with E-state index in [-0.39, 0.29) is 10.6 Å². The van der Waals surface area contributed by atoms with E-state index in [1.807, 2.05) is 0 Å². The lowest BCUT2D eigenvalue weighted by molar-refractivity contribution is 0.0697. The number of fused-ring (bicyclic) bond motifs is 1. The number of benzene rings is 2. The average molecular weight is 392 g/mol. The first-order valence-electron chi connectivity index (χ1n) is 7.80. The minimum Gasteiger partial charge on any atom is -0.479 e. The zero-order valence-corrected chi connectivity index (χ0v) is 15.5. The predicted molar refractivity (Wildman–Crippen MR) is 101 cm³/mol. The van der Waals surface area contributed by atoms with Gasteiger partial charge in [0.25, 0.3) is 5.91 Å². The van der Waals surface area contributed by atoms with Crippen molar-refractivity contribution in [3.63, 3.8) is 0 Å². The van der Waals surface area contributed by atoms with Crippen molar-refractivity contribution < 1.29 is 19.4 Å². The zero-order chi connectivity index (χ0) is 19.0. The summed E-state index contributed by atoms with van der Waals surface area (Å²) in [4.78, 5) is 24.6. The molecule has 0 saturated heterocycles. The molecule has 0 bridgehead atoms. The van der Waals surface area contributed by atoms with Gasteiger partial charge in [-0.1, -0.05) is 41.4 Å². The molecule has 26 heavy (non-hydrogen) atoms. The Morgan fingerprint density at radius 2 is 1.85 bits per heavy atom. The van der Waals surface area contributed by atoms with Crippen molar-refractivity contribution in [2.24, 2.45) is 0 Å². The standard InChI is InChI=1S/C19H15Cl2NO4/c1-10-17(19(24)25)13-5-3-4-6-15(13)22(10)18(23)11(2)26-16-8-7-12(20)9-14(16)21/h3-9,11H,1-2H3,(H,24,25). The minimum absolute atomic E-state index is 0.102. The van der Waals surface area contributed by atoms with Crippen molar-refractivity contribution in [1.29, 1.82) is 0 Å². The van der Waals surface area contributed by atoms with Crippen LogP contribution in [-0.2, 0) is 0 Å². The van der Waals surface area contributed by atoms with Gasteiger partial charge in [0.05, 0.1) is 16.1 Å². The minimum atomic E-state index is -1.08. The zero-order valence-electron chi connectivity index (χ0n) is 14.0. The molecule has 1 unspecified atom stereocenters. The first-order chi connectivity index (χ1) is 12.3. The summed E-state index contributed by atoms with van der Waals surface area (Å²) in [7, 11) is 0. The molecule has 0 amide bonds. The fraction of sp³-hybridized carbons (Fsp3) is 0.158. The van der Waals surface area contributed by atoms with Crippen LogP contribution in [0.25, 0.3) is 10.9 Å². The van der Waals surface area contributed by atoms with E-state index < -0.39 is 18.0 Å². The Hall–Kier alpha value is -2.50. The van der Waals surface area contributed by atoms with E-state index in [9.17, 15) is 14.7 Å². The molecule has 3 rings (SSSR count). The molecule has 1 N–H and O–H groups in total. The molecule has 0 aliphatic carbocycles. The highest BCUT2D eigenvalue weighted by atomic mass is 35.5. The normalized spacial score (nSPS) is 12.2. The number of carboxylic acids is 1. The number of hydrogen-bond acceptors (Lipinski definition) is 3. The molecule has 1 aromatic heterocycles. The lowest BCUT2D eigenvalue weighted by atomic mass is 10.1. The lowest BCUT2D eigenvalue weighted by Crippen LogP contribution is -2.30. The Bertz CT molecular complexity index is 1030. The van der Waals surface area contributed by atoms with E-state index in [1.54, 1.807) is 50.2 Å². The monoisotopic (exact) mass is 391 g/mol. The van der Waals surface area contributed by atoms with Gasteiger partial charge < -0.3 is 9.84 Å². The molecular formula is C19H15Cl2NO4. The Balaban J connectivity index is 2.02. The van der Waals surface area contributed by atoms with Crippen LogP contribution < -0.4 is 4.74 Å². The summed E-state index contributed by atoms with van der Waals surface area (Å²) in [6, 6.07) is 11.6. The highest BCUT2D eigenvalue weighted by Crippen LogP contribution is 2.30. The summed E-state index contributed by atoms with van der Waals surface area (Å²) < 4.78 is 7.05. The summed E-state index contributed by atoms with van der Waals surface area (Å²) in [6.07, 6.45) is -0.884. The first-order valence-corrected chi connectivity index (χ1v) is 8.56. The molecule has 0 saturated carbocycles. The van der Waals surface area contributed by atoms with Gasteiger partial charge in [-0.05, 0) is 38.1 Å². The molecule has 0 aliphatic rings. The number of ether oxygens (including phenoxy) is 1. The van der Waals surface area contributed by atoms with Crippen molar-refractivity contribution in [3.05, 3.63) is 63.8 Å². The van der Waals surface area contributed by atoms with Crippen molar-refractivity contribution in [2.75, 3.05) is 0 Å². The summed E-state index contributed by atoms with van der Waals surface area (Å²) >= 11 is 12.0. The number of rotatable bonds is 4. The van der Waals surface area contributed by atoms with Gasteiger partial charge in [-0.2, -0.15) is 0 Å². The van der Waals surface area contributed by atoms with Crippen molar-refractivity contribution in [2.45, 2.75) is 20.0 Å². The van der Waals surface area contributed by atoms with Crippen LogP contribution in [0.4, 0.5) is 0 Å². The Morgan fingerprint density at radius 1 is 1.15 bits per heavy atom. The predicted octanol–water partition coefficient (Wildman–Crippen LogP) is 5.06. The smallest absolute Gasteiger partial charge is 0.338 e. The number of carboxylic acid groups (broad SMARTS) is 1. The highest BCUT2D eigenvalue weighted by Gasteiger charge is 2.26. The van der Waals surface area contributed by atoms with E-state index in [0.29, 0.717) is 27.4 Å². The van der Waals surface area contributed by atoms with Gasteiger partial charge in [0.15, 0.2) is 6.10 Å². The number of carbonyl (C=O) groups excluding carboxylic acids is 1. The maximum absolute atomic E-state index is 13.0. The van der Waals surface area contributed by atoms with Gasteiger partial charge >= 0.3 is 5.97 Å². The number of para-hydroxylation sites is 1. The number of hydrogen-bond donors (Lipinski definition) is 1. The Morgan fingerprint density at radius 3 is 2.50 bits per heavy atom. The largest absolute Gasteiger partial charge is 0.479 e. The second-order valence-electron chi connectivity index (χ2n) is 5.79. The van der Waals surface area contributed by atoms with Gasteiger partial charge in [-0.3, -0.25) is 9.36 Å². The highest BCUT2D eigenvalue weighted by molar-refractivity contribution is 6.35. The van der Waals surface area contributed by atoms with E-state index in [2.05, 4.69) is 0 Å². The molecule has 1 heterocycles. The second-order valence-corrected chi connectivity index (χ2v) is 6.63. The summed E-state index contributed by atoms with van der Waals surface area (Å²) in [6.45, 7) is 3.19.